The van der Waals surface area contributed by atoms with E-state index >= 15 is 0 Å². The maximum absolute atomic E-state index is 12.9. The lowest BCUT2D eigenvalue weighted by Crippen LogP contribution is -2.60. The van der Waals surface area contributed by atoms with E-state index in [0.717, 1.165) is 12.8 Å². The highest BCUT2D eigenvalue weighted by molar-refractivity contribution is 5.99. The van der Waals surface area contributed by atoms with Crippen molar-refractivity contribution >= 4 is 11.6 Å². The maximum Gasteiger partial charge on any atom is 0.258 e. The molecule has 2 aliphatic rings. The molecule has 4 rings (SSSR count). The van der Waals surface area contributed by atoms with Crippen LogP contribution in [0, 0.1) is 0 Å². The number of hydrogen-bond donors (Lipinski definition) is 0. The maximum atomic E-state index is 12.9. The smallest absolute Gasteiger partial charge is 0.258 e. The summed E-state index contributed by atoms with van der Waals surface area (Å²) in [7, 11) is 0. The van der Waals surface area contributed by atoms with E-state index in [4.69, 9.17) is 4.74 Å². The van der Waals surface area contributed by atoms with E-state index in [1.165, 1.54) is 10.9 Å². The van der Waals surface area contributed by atoms with Crippen molar-refractivity contribution in [1.82, 2.24) is 24.9 Å². The minimum atomic E-state index is -0.112. The summed E-state index contributed by atoms with van der Waals surface area (Å²) in [5.74, 6) is -0.0162. The molecule has 7 heteroatoms. The summed E-state index contributed by atoms with van der Waals surface area (Å²) in [5.41, 5.74) is 0.939. The summed E-state index contributed by atoms with van der Waals surface area (Å²) in [6, 6.07) is 3.64. The summed E-state index contributed by atoms with van der Waals surface area (Å²) >= 11 is 0. The monoisotopic (exact) mass is 287 g/mol. The van der Waals surface area contributed by atoms with E-state index in [0.29, 0.717) is 24.4 Å². The zero-order valence-electron chi connectivity index (χ0n) is 11.9. The van der Waals surface area contributed by atoms with Gasteiger partial charge in [-0.1, -0.05) is 0 Å². The molecule has 1 aliphatic carbocycles. The molecule has 7 nitrogen and oxygen atoms in total. The average Bonchev–Trinajstić information content (AvgIpc) is 2.94. The van der Waals surface area contributed by atoms with Crippen LogP contribution in [0.4, 0.5) is 0 Å². The molecule has 2 aromatic heterocycles. The number of carbonyl (C=O) groups is 1. The number of morpholine rings is 1. The molecule has 110 valence electrons. The van der Waals surface area contributed by atoms with Gasteiger partial charge in [0.2, 0.25) is 0 Å². The number of nitrogens with zero attached hydrogens (tertiary/aromatic N) is 5. The lowest BCUT2D eigenvalue weighted by molar-refractivity contribution is -0.158. The molecule has 1 amide bonds. The number of carbonyl (C=O) groups excluding carboxylic acids is 1. The predicted molar refractivity (Wildman–Crippen MR) is 73.8 cm³/mol. The summed E-state index contributed by atoms with van der Waals surface area (Å²) in [4.78, 5) is 14.8. The zero-order valence-corrected chi connectivity index (χ0v) is 11.9. The van der Waals surface area contributed by atoms with Crippen molar-refractivity contribution in [3.05, 3.63) is 23.9 Å². The number of amides is 1. The Morgan fingerprint density at radius 3 is 3.10 bits per heavy atom. The Balaban J connectivity index is 1.68. The minimum Gasteiger partial charge on any atom is -0.371 e. The first-order valence-electron chi connectivity index (χ1n) is 7.30. The van der Waals surface area contributed by atoms with Gasteiger partial charge in [0.1, 0.15) is 0 Å². The van der Waals surface area contributed by atoms with Gasteiger partial charge in [-0.2, -0.15) is 4.52 Å². The highest BCUT2D eigenvalue weighted by atomic mass is 16.5. The quantitative estimate of drug-likeness (QED) is 0.779. The van der Waals surface area contributed by atoms with Gasteiger partial charge in [-0.25, -0.2) is 0 Å². The fourth-order valence-corrected chi connectivity index (χ4v) is 3.13. The number of ether oxygens (including phenoxy) is 1. The van der Waals surface area contributed by atoms with Crippen molar-refractivity contribution in [1.29, 1.82) is 0 Å². The molecule has 2 fully saturated rings. The van der Waals surface area contributed by atoms with Crippen LogP contribution in [0.15, 0.2) is 18.3 Å². The van der Waals surface area contributed by atoms with Gasteiger partial charge in [0.25, 0.3) is 5.91 Å². The first-order chi connectivity index (χ1) is 10.2. The molecule has 1 aliphatic heterocycles. The number of tetrazole rings is 1. The Bertz CT molecular complexity index is 693. The van der Waals surface area contributed by atoms with Crippen LogP contribution in [0.5, 0.6) is 0 Å². The number of fused-ring (bicyclic) bond motifs is 1. The Morgan fingerprint density at radius 2 is 2.33 bits per heavy atom. The third-order valence-electron chi connectivity index (χ3n) is 4.60. The molecule has 1 unspecified atom stereocenters. The van der Waals surface area contributed by atoms with Crippen molar-refractivity contribution in [3.8, 4) is 0 Å². The van der Waals surface area contributed by atoms with Crippen molar-refractivity contribution in [2.45, 2.75) is 37.8 Å². The molecule has 0 aromatic carbocycles. The Hall–Kier alpha value is -2.02. The van der Waals surface area contributed by atoms with Crippen LogP contribution in [0.25, 0.3) is 5.65 Å². The molecule has 1 spiro atoms. The topological polar surface area (TPSA) is 72.6 Å². The highest BCUT2D eigenvalue weighted by Gasteiger charge is 2.45. The summed E-state index contributed by atoms with van der Waals surface area (Å²) in [5, 5.41) is 11.4. The number of hydrogen-bond acceptors (Lipinski definition) is 5. The highest BCUT2D eigenvalue weighted by Crippen LogP contribution is 2.39. The second kappa shape index (κ2) is 4.49. The average molecular weight is 287 g/mol. The predicted octanol–water partition coefficient (Wildman–Crippen LogP) is 0.908. The molecule has 1 atom stereocenters. The van der Waals surface area contributed by atoms with E-state index in [2.05, 4.69) is 15.5 Å². The van der Waals surface area contributed by atoms with Gasteiger partial charge in [-0.05, 0) is 48.7 Å². The number of rotatable bonds is 1. The lowest BCUT2D eigenvalue weighted by atomic mass is 9.78. The summed E-state index contributed by atoms with van der Waals surface area (Å²) < 4.78 is 7.49. The summed E-state index contributed by atoms with van der Waals surface area (Å²) in [6.07, 6.45) is 5.00. The Labute approximate surface area is 121 Å². The van der Waals surface area contributed by atoms with Crippen LogP contribution in [0.3, 0.4) is 0 Å². The van der Waals surface area contributed by atoms with Crippen LogP contribution >= 0.6 is 0 Å². The van der Waals surface area contributed by atoms with Gasteiger partial charge >= 0.3 is 0 Å². The normalized spacial score (nSPS) is 24.2. The standard InChI is InChI=1S/C14H17N5O2/c1-10-8-21-14(5-3-6-14)9-18(10)13(20)11-4-2-7-19-12(11)15-16-17-19/h2,4,7,10H,3,5-6,8-9H2,1H3. The van der Waals surface area contributed by atoms with Gasteiger partial charge in [-0.3, -0.25) is 4.79 Å². The second-order valence-corrected chi connectivity index (χ2v) is 6.00. The number of aromatic nitrogens is 4. The third-order valence-corrected chi connectivity index (χ3v) is 4.60. The van der Waals surface area contributed by atoms with E-state index in [9.17, 15) is 4.79 Å². The molecule has 2 aromatic rings. The van der Waals surface area contributed by atoms with E-state index < -0.39 is 0 Å². The zero-order chi connectivity index (χ0) is 14.4. The van der Waals surface area contributed by atoms with Crippen LogP contribution in [-0.4, -0.2) is 55.6 Å². The minimum absolute atomic E-state index is 0.0162. The molecule has 3 heterocycles. The number of pyridine rings is 1. The van der Waals surface area contributed by atoms with Crippen molar-refractivity contribution in [2.24, 2.45) is 0 Å². The van der Waals surface area contributed by atoms with Crippen molar-refractivity contribution < 1.29 is 9.53 Å². The van der Waals surface area contributed by atoms with E-state index in [1.807, 2.05) is 11.8 Å². The lowest BCUT2D eigenvalue weighted by Gasteiger charge is -2.50. The third kappa shape index (κ3) is 1.91. The molecular formula is C14H17N5O2. The first-order valence-corrected chi connectivity index (χ1v) is 7.30. The van der Waals surface area contributed by atoms with Crippen LogP contribution in [0.1, 0.15) is 36.5 Å². The SMILES string of the molecule is CC1COC2(CCC2)CN1C(=O)c1cccn2nnnc12. The molecule has 1 saturated heterocycles. The largest absolute Gasteiger partial charge is 0.371 e. The van der Waals surface area contributed by atoms with Crippen LogP contribution in [-0.2, 0) is 4.74 Å². The fourth-order valence-electron chi connectivity index (χ4n) is 3.13. The Morgan fingerprint density at radius 1 is 1.48 bits per heavy atom. The molecule has 21 heavy (non-hydrogen) atoms. The molecular weight excluding hydrogens is 270 g/mol. The molecule has 0 bridgehead atoms. The molecule has 0 radical (unpaired) electrons. The van der Waals surface area contributed by atoms with Gasteiger partial charge in [0, 0.05) is 6.20 Å². The van der Waals surface area contributed by atoms with Crippen molar-refractivity contribution in [2.75, 3.05) is 13.2 Å². The van der Waals surface area contributed by atoms with E-state index in [1.54, 1.807) is 18.3 Å². The van der Waals surface area contributed by atoms with E-state index in [-0.39, 0.29) is 17.6 Å². The van der Waals surface area contributed by atoms with Gasteiger partial charge < -0.3 is 9.64 Å². The molecule has 1 saturated carbocycles. The van der Waals surface area contributed by atoms with Crippen molar-refractivity contribution in [3.63, 3.8) is 0 Å². The Kier molecular flexibility index (Phi) is 2.72. The molecule has 0 N–H and O–H groups in total. The first kappa shape index (κ1) is 12.7. The second-order valence-electron chi connectivity index (χ2n) is 6.00. The van der Waals surface area contributed by atoms with Crippen LogP contribution in [0.2, 0.25) is 0 Å². The van der Waals surface area contributed by atoms with Gasteiger partial charge in [-0.15, -0.1) is 5.10 Å². The fraction of sp³-hybridized carbons (Fsp3) is 0.571. The van der Waals surface area contributed by atoms with Gasteiger partial charge in [0.15, 0.2) is 5.65 Å². The van der Waals surface area contributed by atoms with Gasteiger partial charge in [0.05, 0.1) is 30.4 Å². The van der Waals surface area contributed by atoms with Crippen LogP contribution < -0.4 is 0 Å². The summed E-state index contributed by atoms with van der Waals surface area (Å²) in [6.45, 7) is 3.28.